The minimum absolute atomic E-state index is 0.0565. The fraction of sp³-hybridized carbons (Fsp3) is 1.00. The summed E-state index contributed by atoms with van der Waals surface area (Å²) in [5.74, 6) is 1.72. The van der Waals surface area contributed by atoms with Crippen molar-refractivity contribution in [2.24, 2.45) is 5.41 Å². The highest BCUT2D eigenvalue weighted by Gasteiger charge is 2.36. The van der Waals surface area contributed by atoms with Gasteiger partial charge in [-0.15, -0.1) is 0 Å². The minimum atomic E-state index is -3.00. The summed E-state index contributed by atoms with van der Waals surface area (Å²) in [6.07, 6.45) is 1.36. The lowest BCUT2D eigenvalue weighted by Crippen LogP contribution is -2.54. The lowest BCUT2D eigenvalue weighted by Gasteiger charge is -2.42. The Morgan fingerprint density at radius 1 is 1.47 bits per heavy atom. The van der Waals surface area contributed by atoms with Crippen molar-refractivity contribution < 1.29 is 8.42 Å². The lowest BCUT2D eigenvalue weighted by atomic mass is 9.84. The van der Waals surface area contributed by atoms with Crippen molar-refractivity contribution in [3.8, 4) is 0 Å². The highest BCUT2D eigenvalue weighted by Crippen LogP contribution is 2.27. The maximum atomic E-state index is 11.9. The monoisotopic (exact) mass is 308 g/mol. The maximum absolute atomic E-state index is 11.9. The Bertz CT molecular complexity index is 382. The first kappa shape index (κ1) is 17.3. The largest absolute Gasteiger partial charge is 0.314 e. The van der Waals surface area contributed by atoms with Gasteiger partial charge in [0.05, 0.1) is 0 Å². The molecule has 6 heteroatoms. The van der Waals surface area contributed by atoms with Crippen LogP contribution in [0.1, 0.15) is 27.7 Å². The quantitative estimate of drug-likeness (QED) is 0.804. The van der Waals surface area contributed by atoms with Gasteiger partial charge in [0.25, 0.3) is 0 Å². The Hall–Kier alpha value is 0.220. The molecule has 1 aliphatic rings. The molecule has 0 saturated carbocycles. The molecule has 1 rings (SSSR count). The fourth-order valence-electron chi connectivity index (χ4n) is 2.43. The van der Waals surface area contributed by atoms with E-state index in [-0.39, 0.29) is 10.8 Å². The molecule has 1 saturated heterocycles. The van der Waals surface area contributed by atoms with Crippen molar-refractivity contribution in [3.05, 3.63) is 0 Å². The van der Waals surface area contributed by atoms with Crippen LogP contribution in [-0.2, 0) is 9.84 Å². The second kappa shape index (κ2) is 6.78. The Kier molecular flexibility index (Phi) is 6.17. The van der Waals surface area contributed by atoms with Gasteiger partial charge in [0, 0.05) is 36.9 Å². The van der Waals surface area contributed by atoms with E-state index in [9.17, 15) is 8.42 Å². The van der Waals surface area contributed by atoms with Crippen molar-refractivity contribution in [2.75, 3.05) is 37.4 Å². The molecule has 0 bridgehead atoms. The fourth-order valence-corrected chi connectivity index (χ4v) is 5.38. The average Bonchev–Trinajstić information content (AvgIpc) is 2.28. The van der Waals surface area contributed by atoms with Crippen LogP contribution in [0, 0.1) is 5.41 Å². The lowest BCUT2D eigenvalue weighted by molar-refractivity contribution is 0.141. The number of nitrogens with one attached hydrogen (secondary N) is 1. The summed E-state index contributed by atoms with van der Waals surface area (Å²) >= 11 is 1.74. The average molecular weight is 309 g/mol. The Labute approximate surface area is 122 Å². The van der Waals surface area contributed by atoms with E-state index in [4.69, 9.17) is 0 Å². The molecule has 0 aromatic carbocycles. The smallest absolute Gasteiger partial charge is 0.164 e. The zero-order chi connectivity index (χ0) is 14.7. The Balaban J connectivity index is 2.77. The van der Waals surface area contributed by atoms with Crippen LogP contribution in [0.15, 0.2) is 0 Å². The third-order valence-corrected chi connectivity index (χ3v) is 6.66. The predicted molar refractivity (Wildman–Crippen MR) is 84.4 cm³/mol. The molecule has 1 fully saturated rings. The highest BCUT2D eigenvalue weighted by atomic mass is 32.2. The van der Waals surface area contributed by atoms with Gasteiger partial charge in [-0.2, -0.15) is 11.8 Å². The van der Waals surface area contributed by atoms with E-state index in [2.05, 4.69) is 37.9 Å². The molecule has 1 aliphatic heterocycles. The van der Waals surface area contributed by atoms with Crippen LogP contribution >= 0.6 is 11.8 Å². The van der Waals surface area contributed by atoms with Crippen molar-refractivity contribution in [3.63, 3.8) is 0 Å². The van der Waals surface area contributed by atoms with Gasteiger partial charge in [0.2, 0.25) is 0 Å². The molecule has 2 atom stereocenters. The minimum Gasteiger partial charge on any atom is -0.314 e. The molecule has 0 spiro atoms. The van der Waals surface area contributed by atoms with E-state index in [1.807, 2.05) is 0 Å². The van der Waals surface area contributed by atoms with Crippen LogP contribution in [0.2, 0.25) is 0 Å². The van der Waals surface area contributed by atoms with Crippen LogP contribution in [0.5, 0.6) is 0 Å². The van der Waals surface area contributed by atoms with E-state index in [0.29, 0.717) is 11.8 Å². The Morgan fingerprint density at radius 3 is 2.63 bits per heavy atom. The normalized spacial score (nSPS) is 24.4. The molecule has 1 N–H and O–H groups in total. The number of thioether (sulfide) groups is 1. The van der Waals surface area contributed by atoms with Crippen LogP contribution in [0.25, 0.3) is 0 Å². The number of hydrogen-bond donors (Lipinski definition) is 1. The van der Waals surface area contributed by atoms with E-state index >= 15 is 0 Å². The van der Waals surface area contributed by atoms with Crippen LogP contribution in [0.4, 0.5) is 0 Å². The summed E-state index contributed by atoms with van der Waals surface area (Å²) in [5, 5.41) is 3.13. The number of hydrogen-bond acceptors (Lipinski definition) is 5. The van der Waals surface area contributed by atoms with Gasteiger partial charge >= 0.3 is 0 Å². The number of rotatable bonds is 6. The molecule has 0 aliphatic carbocycles. The van der Waals surface area contributed by atoms with E-state index in [1.165, 1.54) is 6.26 Å². The molecule has 0 amide bonds. The van der Waals surface area contributed by atoms with E-state index in [1.54, 1.807) is 11.8 Å². The van der Waals surface area contributed by atoms with E-state index < -0.39 is 9.84 Å². The zero-order valence-electron chi connectivity index (χ0n) is 12.8. The molecular weight excluding hydrogens is 280 g/mol. The molecular formula is C13H28N2O2S2. The van der Waals surface area contributed by atoms with Gasteiger partial charge in [0.1, 0.15) is 5.37 Å². The van der Waals surface area contributed by atoms with Gasteiger partial charge in [-0.05, 0) is 18.9 Å². The van der Waals surface area contributed by atoms with Crippen molar-refractivity contribution in [1.29, 1.82) is 0 Å². The van der Waals surface area contributed by atoms with Gasteiger partial charge in [-0.25, -0.2) is 8.42 Å². The van der Waals surface area contributed by atoms with Crippen LogP contribution in [-0.4, -0.2) is 62.1 Å². The number of sulfone groups is 1. The first-order valence-corrected chi connectivity index (χ1v) is 10.0. The van der Waals surface area contributed by atoms with Crippen molar-refractivity contribution in [2.45, 2.75) is 39.1 Å². The molecule has 19 heavy (non-hydrogen) atoms. The molecule has 2 unspecified atom stereocenters. The first-order chi connectivity index (χ1) is 8.68. The van der Waals surface area contributed by atoms with Gasteiger partial charge in [-0.1, -0.05) is 20.8 Å². The number of nitrogens with zero attached hydrogens (tertiary/aromatic N) is 1. The molecule has 0 aromatic rings. The summed E-state index contributed by atoms with van der Waals surface area (Å²) in [5.41, 5.74) is 0.0565. The molecule has 1 heterocycles. The second-order valence-corrected chi connectivity index (χ2v) is 9.45. The molecule has 0 aromatic heterocycles. The maximum Gasteiger partial charge on any atom is 0.164 e. The third kappa shape index (κ3) is 4.92. The van der Waals surface area contributed by atoms with Crippen LogP contribution < -0.4 is 5.32 Å². The summed E-state index contributed by atoms with van der Waals surface area (Å²) in [4.78, 5) is 2.15. The summed E-state index contributed by atoms with van der Waals surface area (Å²) in [6.45, 7) is 11.3. The SMILES string of the molecule is CCNC(C)C(C)(C)CN1CCSCC1S(C)(=O)=O. The van der Waals surface area contributed by atoms with Crippen molar-refractivity contribution in [1.82, 2.24) is 10.2 Å². The molecule has 0 radical (unpaired) electrons. The van der Waals surface area contributed by atoms with Gasteiger partial charge < -0.3 is 5.32 Å². The van der Waals surface area contributed by atoms with Crippen LogP contribution in [0.3, 0.4) is 0 Å². The summed E-state index contributed by atoms with van der Waals surface area (Å²) in [6, 6.07) is 0.368. The van der Waals surface area contributed by atoms with E-state index in [0.717, 1.165) is 25.4 Å². The summed E-state index contributed by atoms with van der Waals surface area (Å²) < 4.78 is 23.8. The Morgan fingerprint density at radius 2 is 2.11 bits per heavy atom. The zero-order valence-corrected chi connectivity index (χ0v) is 14.4. The second-order valence-electron chi connectivity index (χ2n) is 6.10. The third-order valence-electron chi connectivity index (χ3n) is 3.98. The first-order valence-electron chi connectivity index (χ1n) is 6.92. The topological polar surface area (TPSA) is 49.4 Å². The highest BCUT2D eigenvalue weighted by molar-refractivity contribution is 8.00. The predicted octanol–water partition coefficient (Wildman–Crippen LogP) is 1.43. The van der Waals surface area contributed by atoms with Gasteiger partial charge in [0.15, 0.2) is 9.84 Å². The standard InChI is InChI=1S/C13H28N2O2S2/c1-6-14-11(2)13(3,4)10-15-7-8-18-9-12(15)19(5,16)17/h11-12,14H,6-10H2,1-5H3. The van der Waals surface area contributed by atoms with Crippen molar-refractivity contribution >= 4 is 21.6 Å². The summed E-state index contributed by atoms with van der Waals surface area (Å²) in [7, 11) is -3.00. The molecule has 114 valence electrons. The molecule has 4 nitrogen and oxygen atoms in total. The van der Waals surface area contributed by atoms with Gasteiger partial charge in [-0.3, -0.25) is 4.90 Å².